The molecule has 8 heteroatoms. The Balaban J connectivity index is 0.00000131. The number of nitrogens with zero attached hydrogens (tertiary/aromatic N) is 2. The summed E-state index contributed by atoms with van der Waals surface area (Å²) in [5, 5.41) is 6.19. The number of benzene rings is 1. The topological polar surface area (TPSA) is 45.2 Å². The summed E-state index contributed by atoms with van der Waals surface area (Å²) in [5.41, 5.74) is 1.96. The number of aromatic nitrogens is 1. The SMILES string of the molecule is Cl.Cl.O=C(c1csc(Cc2ccc(F)cc2)n1)N1CCC2(CCNC2)CC1. The zero-order valence-electron chi connectivity index (χ0n) is 14.9. The van der Waals surface area contributed by atoms with Gasteiger partial charge in [0.1, 0.15) is 11.5 Å². The van der Waals surface area contributed by atoms with Crippen LogP contribution in [0.1, 0.15) is 40.3 Å². The molecule has 4 nitrogen and oxygen atoms in total. The van der Waals surface area contributed by atoms with Crippen molar-refractivity contribution in [1.29, 1.82) is 0 Å². The summed E-state index contributed by atoms with van der Waals surface area (Å²) in [5.74, 6) is -0.193. The quantitative estimate of drug-likeness (QED) is 0.800. The van der Waals surface area contributed by atoms with Gasteiger partial charge in [-0.2, -0.15) is 0 Å². The van der Waals surface area contributed by atoms with E-state index in [-0.39, 0.29) is 36.5 Å². The maximum atomic E-state index is 13.0. The van der Waals surface area contributed by atoms with Gasteiger partial charge in [0.2, 0.25) is 0 Å². The largest absolute Gasteiger partial charge is 0.337 e. The van der Waals surface area contributed by atoms with Crippen LogP contribution in [0, 0.1) is 11.2 Å². The normalized spacial score (nSPS) is 18.0. The zero-order chi connectivity index (χ0) is 17.3. The Labute approximate surface area is 175 Å². The van der Waals surface area contributed by atoms with E-state index in [9.17, 15) is 9.18 Å². The number of carbonyl (C=O) groups excluding carboxylic acids is 1. The van der Waals surface area contributed by atoms with Crippen LogP contribution in [0.25, 0.3) is 0 Å². The van der Waals surface area contributed by atoms with Gasteiger partial charge in [0, 0.05) is 31.4 Å². The monoisotopic (exact) mass is 431 g/mol. The fourth-order valence-electron chi connectivity index (χ4n) is 3.84. The number of hydrogen-bond acceptors (Lipinski definition) is 4. The molecule has 1 N–H and O–H groups in total. The average molecular weight is 432 g/mol. The van der Waals surface area contributed by atoms with Crippen molar-refractivity contribution >= 4 is 42.1 Å². The molecule has 0 unspecified atom stereocenters. The number of carbonyl (C=O) groups is 1. The summed E-state index contributed by atoms with van der Waals surface area (Å²) >= 11 is 1.50. The molecule has 1 aromatic heterocycles. The molecule has 0 radical (unpaired) electrons. The van der Waals surface area contributed by atoms with Gasteiger partial charge in [0.05, 0.1) is 5.01 Å². The van der Waals surface area contributed by atoms with E-state index in [1.165, 1.54) is 29.9 Å². The number of piperidine rings is 1. The third kappa shape index (κ3) is 4.99. The van der Waals surface area contributed by atoms with Crippen molar-refractivity contribution in [3.63, 3.8) is 0 Å². The lowest BCUT2D eigenvalue weighted by atomic mass is 9.78. The lowest BCUT2D eigenvalue weighted by Crippen LogP contribution is -2.44. The van der Waals surface area contributed by atoms with Crippen LogP contribution >= 0.6 is 36.2 Å². The molecule has 0 aliphatic carbocycles. The van der Waals surface area contributed by atoms with Gasteiger partial charge in [-0.3, -0.25) is 4.79 Å². The predicted molar refractivity (Wildman–Crippen MR) is 111 cm³/mol. The first-order valence-corrected chi connectivity index (χ1v) is 9.70. The van der Waals surface area contributed by atoms with E-state index in [2.05, 4.69) is 10.3 Å². The van der Waals surface area contributed by atoms with Crippen LogP contribution in [-0.4, -0.2) is 42.0 Å². The average Bonchev–Trinajstić information content (AvgIpc) is 3.27. The predicted octanol–water partition coefficient (Wildman–Crippen LogP) is 3.93. The van der Waals surface area contributed by atoms with E-state index in [1.807, 2.05) is 10.3 Å². The second-order valence-electron chi connectivity index (χ2n) is 7.15. The van der Waals surface area contributed by atoms with Crippen molar-refractivity contribution in [2.24, 2.45) is 5.41 Å². The number of hydrogen-bond donors (Lipinski definition) is 1. The molecule has 2 fully saturated rings. The minimum Gasteiger partial charge on any atom is -0.337 e. The Hall–Kier alpha value is -1.21. The van der Waals surface area contributed by atoms with Gasteiger partial charge in [-0.25, -0.2) is 9.37 Å². The highest BCUT2D eigenvalue weighted by molar-refractivity contribution is 7.09. The first-order chi connectivity index (χ1) is 12.1. The molecular weight excluding hydrogens is 408 g/mol. The zero-order valence-corrected chi connectivity index (χ0v) is 17.4. The standard InChI is InChI=1S/C19H22FN3OS.2ClH/c20-15-3-1-14(2-4-15)11-17-22-16(12-25-17)18(24)23-9-6-19(7-10-23)5-8-21-13-19;;/h1-4,12,21H,5-11,13H2;2*1H. The molecule has 4 rings (SSSR count). The molecule has 1 aromatic carbocycles. The van der Waals surface area contributed by atoms with Gasteiger partial charge >= 0.3 is 0 Å². The van der Waals surface area contributed by atoms with Crippen LogP contribution in [0.15, 0.2) is 29.6 Å². The molecule has 27 heavy (non-hydrogen) atoms. The number of rotatable bonds is 3. The molecule has 0 bridgehead atoms. The Morgan fingerprint density at radius 1 is 1.19 bits per heavy atom. The van der Waals surface area contributed by atoms with Crippen LogP contribution < -0.4 is 5.32 Å². The first kappa shape index (κ1) is 22.1. The molecule has 2 saturated heterocycles. The third-order valence-corrected chi connectivity index (χ3v) is 6.33. The molecule has 2 aliphatic rings. The van der Waals surface area contributed by atoms with Gasteiger partial charge in [-0.1, -0.05) is 12.1 Å². The number of likely N-dealkylation sites (tertiary alicyclic amines) is 1. The van der Waals surface area contributed by atoms with Crippen molar-refractivity contribution < 1.29 is 9.18 Å². The molecule has 2 aromatic rings. The Bertz CT molecular complexity index is 753. The molecule has 1 spiro atoms. The van der Waals surface area contributed by atoms with E-state index < -0.39 is 0 Å². The van der Waals surface area contributed by atoms with E-state index in [0.717, 1.165) is 49.6 Å². The van der Waals surface area contributed by atoms with Crippen molar-refractivity contribution in [3.8, 4) is 0 Å². The number of thiazole rings is 1. The molecule has 148 valence electrons. The number of halogens is 3. The van der Waals surface area contributed by atoms with Crippen LogP contribution in [0.2, 0.25) is 0 Å². The van der Waals surface area contributed by atoms with E-state index >= 15 is 0 Å². The lowest BCUT2D eigenvalue weighted by molar-refractivity contribution is 0.0602. The maximum absolute atomic E-state index is 13.0. The third-order valence-electron chi connectivity index (χ3n) is 5.48. The highest BCUT2D eigenvalue weighted by Gasteiger charge is 2.38. The molecule has 3 heterocycles. The Morgan fingerprint density at radius 2 is 1.89 bits per heavy atom. The second-order valence-corrected chi connectivity index (χ2v) is 8.09. The van der Waals surface area contributed by atoms with E-state index in [4.69, 9.17) is 0 Å². The summed E-state index contributed by atoms with van der Waals surface area (Å²) in [6.45, 7) is 3.84. The molecule has 0 atom stereocenters. The van der Waals surface area contributed by atoms with Crippen LogP contribution in [-0.2, 0) is 6.42 Å². The van der Waals surface area contributed by atoms with Crippen molar-refractivity contribution in [2.45, 2.75) is 25.7 Å². The second kappa shape index (κ2) is 9.32. The van der Waals surface area contributed by atoms with Crippen LogP contribution in [0.4, 0.5) is 4.39 Å². The van der Waals surface area contributed by atoms with Crippen LogP contribution in [0.5, 0.6) is 0 Å². The van der Waals surface area contributed by atoms with Gasteiger partial charge < -0.3 is 10.2 Å². The Morgan fingerprint density at radius 3 is 2.52 bits per heavy atom. The fraction of sp³-hybridized carbons (Fsp3) is 0.474. The summed E-state index contributed by atoms with van der Waals surface area (Å²) in [6.07, 6.45) is 4.02. The highest BCUT2D eigenvalue weighted by Crippen LogP contribution is 2.37. The molecule has 0 saturated carbocycles. The van der Waals surface area contributed by atoms with Gasteiger partial charge in [0.15, 0.2) is 0 Å². The first-order valence-electron chi connectivity index (χ1n) is 8.82. The summed E-state index contributed by atoms with van der Waals surface area (Å²) in [7, 11) is 0. The summed E-state index contributed by atoms with van der Waals surface area (Å²) < 4.78 is 13.0. The molecule has 1 amide bonds. The summed E-state index contributed by atoms with van der Waals surface area (Å²) in [6, 6.07) is 6.43. The lowest BCUT2D eigenvalue weighted by Gasteiger charge is -2.38. The van der Waals surface area contributed by atoms with Gasteiger partial charge in [-0.15, -0.1) is 36.2 Å². The van der Waals surface area contributed by atoms with Crippen LogP contribution in [0.3, 0.4) is 0 Å². The van der Waals surface area contributed by atoms with Gasteiger partial charge in [0.25, 0.3) is 5.91 Å². The smallest absolute Gasteiger partial charge is 0.273 e. The van der Waals surface area contributed by atoms with E-state index in [1.54, 1.807) is 12.1 Å². The highest BCUT2D eigenvalue weighted by atomic mass is 35.5. The number of amides is 1. The Kier molecular flexibility index (Phi) is 7.63. The van der Waals surface area contributed by atoms with Crippen molar-refractivity contribution in [1.82, 2.24) is 15.2 Å². The maximum Gasteiger partial charge on any atom is 0.273 e. The minimum absolute atomic E-state index is 0. The molecule has 2 aliphatic heterocycles. The van der Waals surface area contributed by atoms with E-state index in [0.29, 0.717) is 17.5 Å². The van der Waals surface area contributed by atoms with Crippen molar-refractivity contribution in [2.75, 3.05) is 26.2 Å². The minimum atomic E-state index is -0.237. The molecular formula is C19H24Cl2FN3OS. The van der Waals surface area contributed by atoms with Crippen molar-refractivity contribution in [3.05, 3.63) is 51.7 Å². The fourth-order valence-corrected chi connectivity index (χ4v) is 4.64. The van der Waals surface area contributed by atoms with Gasteiger partial charge in [-0.05, 0) is 48.9 Å². The summed E-state index contributed by atoms with van der Waals surface area (Å²) in [4.78, 5) is 19.2. The number of nitrogens with one attached hydrogen (secondary N) is 1.